The summed E-state index contributed by atoms with van der Waals surface area (Å²) in [7, 11) is 0. The zero-order valence-electron chi connectivity index (χ0n) is 38.7. The molecule has 0 aromatic heterocycles. The fourth-order valence-corrected chi connectivity index (χ4v) is 6.56. The van der Waals surface area contributed by atoms with Gasteiger partial charge in [-0.1, -0.05) is 56.3 Å². The lowest BCUT2D eigenvalue weighted by Crippen LogP contribution is -2.61. The first-order valence-electron chi connectivity index (χ1n) is 21.7. The largest absolute Gasteiger partial charge is 0.508 e. The van der Waals surface area contributed by atoms with Crippen LogP contribution in [0, 0.1) is 5.92 Å². The zero-order valence-corrected chi connectivity index (χ0v) is 38.7. The molecule has 382 valence electrons. The lowest BCUT2D eigenvalue weighted by molar-refractivity contribution is -0.141. The van der Waals surface area contributed by atoms with Crippen LogP contribution in [-0.2, 0) is 70.4 Å². The van der Waals surface area contributed by atoms with E-state index in [2.05, 4.69) is 42.5 Å². The maximum atomic E-state index is 14.4. The summed E-state index contributed by atoms with van der Waals surface area (Å²) >= 11 is 0. The lowest BCUT2D eigenvalue weighted by atomic mass is 9.99. The Kier molecular flexibility index (Phi) is 23.9. The van der Waals surface area contributed by atoms with Crippen molar-refractivity contribution in [2.75, 3.05) is 13.2 Å². The molecular formula is C44H61N11O15. The van der Waals surface area contributed by atoms with Crippen molar-refractivity contribution in [1.29, 1.82) is 0 Å². The van der Waals surface area contributed by atoms with Gasteiger partial charge in [-0.25, -0.2) is 0 Å². The molecule has 7 atom stereocenters. The number of carbonyl (C=O) groups excluding carboxylic acids is 11. The van der Waals surface area contributed by atoms with Crippen LogP contribution in [0.25, 0.3) is 0 Å². The molecule has 0 bridgehead atoms. The number of aromatic hydroxyl groups is 1. The number of carbonyl (C=O) groups is 12. The molecule has 0 unspecified atom stereocenters. The van der Waals surface area contributed by atoms with Gasteiger partial charge in [-0.2, -0.15) is 0 Å². The summed E-state index contributed by atoms with van der Waals surface area (Å²) in [6.07, 6.45) is -3.37. The van der Waals surface area contributed by atoms with Crippen LogP contribution in [0.5, 0.6) is 5.75 Å². The van der Waals surface area contributed by atoms with Crippen molar-refractivity contribution >= 4 is 70.9 Å². The normalized spacial score (nSPS) is 13.8. The van der Waals surface area contributed by atoms with E-state index in [4.69, 9.17) is 17.2 Å². The first-order valence-corrected chi connectivity index (χ1v) is 21.7. The van der Waals surface area contributed by atoms with Gasteiger partial charge in [0.2, 0.25) is 65.0 Å². The second kappa shape index (κ2) is 28.9. The van der Waals surface area contributed by atoms with Crippen LogP contribution in [0.3, 0.4) is 0 Å². The van der Waals surface area contributed by atoms with Gasteiger partial charge < -0.3 is 75.1 Å². The van der Waals surface area contributed by atoms with Crippen molar-refractivity contribution in [2.45, 2.75) is 108 Å². The zero-order chi connectivity index (χ0) is 52.7. The van der Waals surface area contributed by atoms with Crippen molar-refractivity contribution in [1.82, 2.24) is 42.5 Å². The van der Waals surface area contributed by atoms with E-state index in [1.54, 1.807) is 44.2 Å². The van der Waals surface area contributed by atoms with Crippen LogP contribution in [0.2, 0.25) is 0 Å². The molecule has 0 saturated carbocycles. The number of aliphatic carboxylic acids is 1. The van der Waals surface area contributed by atoms with Crippen LogP contribution in [0.15, 0.2) is 54.6 Å². The average molecular weight is 984 g/mol. The molecule has 26 heteroatoms. The van der Waals surface area contributed by atoms with E-state index in [1.165, 1.54) is 24.3 Å². The van der Waals surface area contributed by atoms with E-state index < -0.39 is 152 Å². The van der Waals surface area contributed by atoms with E-state index in [0.29, 0.717) is 11.1 Å². The average Bonchev–Trinajstić information content (AvgIpc) is 3.27. The standard InChI is InChI=1S/C44H61N11O15/c1-22(2)15-28(40(66)55-32(19-37(62)63)38(64)48-20-36(47)61)51-41(67)29(16-24-7-5-4-6-8-24)52-42(68)30(17-25-9-11-26(58)12-10-25)53-43(69)31(18-35(46)60)54-39(65)27(13-14-34(45)59)50-44(70)33(21-56)49-23(3)57/h4-12,22,27-33,56,58H,13-21H2,1-3H3,(H2,45,59)(H2,46,60)(H2,47,61)(H,48,64)(H,49,57)(H,50,70)(H,51,67)(H,52,68)(H,53,69)(H,54,65)(H,55,66)(H,62,63)/t27-,28-,29-,30-,31-,32-,33-/m0/s1. The number of aliphatic hydroxyl groups is 1. The fraction of sp³-hybridized carbons (Fsp3) is 0.455. The fourth-order valence-electron chi connectivity index (χ4n) is 6.56. The molecule has 70 heavy (non-hydrogen) atoms. The van der Waals surface area contributed by atoms with Crippen LogP contribution in [-0.4, -0.2) is 142 Å². The Balaban J connectivity index is 2.56. The first-order chi connectivity index (χ1) is 32.9. The van der Waals surface area contributed by atoms with Crippen molar-refractivity contribution < 1.29 is 72.9 Å². The maximum Gasteiger partial charge on any atom is 0.305 e. The number of phenols is 1. The quantitative estimate of drug-likeness (QED) is 0.0348. The smallest absolute Gasteiger partial charge is 0.305 e. The van der Waals surface area contributed by atoms with Crippen molar-refractivity contribution in [3.63, 3.8) is 0 Å². The number of carboxylic acids is 1. The third-order valence-electron chi connectivity index (χ3n) is 9.94. The summed E-state index contributed by atoms with van der Waals surface area (Å²) in [5.41, 5.74) is 16.6. The SMILES string of the molecule is CC(=O)N[C@@H](CO)C(=O)N[C@@H](CCC(N)=O)C(=O)N[C@@H](CC(N)=O)C(=O)N[C@@H](Cc1ccc(O)cc1)C(=O)N[C@@H](Cc1ccccc1)C(=O)N[C@@H](CC(C)C)C(=O)N[C@@H](CC(=O)O)C(=O)NCC(N)=O. The molecule has 2 rings (SSSR count). The maximum absolute atomic E-state index is 14.4. The molecule has 0 spiro atoms. The monoisotopic (exact) mass is 983 g/mol. The number of rotatable bonds is 30. The molecule has 2 aromatic rings. The highest BCUT2D eigenvalue weighted by Crippen LogP contribution is 2.14. The third-order valence-corrected chi connectivity index (χ3v) is 9.94. The summed E-state index contributed by atoms with van der Waals surface area (Å²) in [4.78, 5) is 154. The number of aliphatic hydroxyl groups excluding tert-OH is 1. The van der Waals surface area contributed by atoms with Gasteiger partial charge in [-0.05, 0) is 42.0 Å². The minimum atomic E-state index is -1.86. The molecule has 11 amide bonds. The summed E-state index contributed by atoms with van der Waals surface area (Å²) in [5.74, 6) is -13.1. The molecular weight excluding hydrogens is 923 g/mol. The van der Waals surface area contributed by atoms with Gasteiger partial charge in [0.05, 0.1) is 26.0 Å². The summed E-state index contributed by atoms with van der Waals surface area (Å²) in [5, 5.41) is 47.7. The number of nitrogens with one attached hydrogen (secondary N) is 8. The van der Waals surface area contributed by atoms with E-state index in [1.807, 2.05) is 0 Å². The first kappa shape index (κ1) is 58.0. The molecule has 26 nitrogen and oxygen atoms in total. The Morgan fingerprint density at radius 2 is 0.957 bits per heavy atom. The lowest BCUT2D eigenvalue weighted by Gasteiger charge is -2.28. The molecule has 0 aliphatic carbocycles. The van der Waals surface area contributed by atoms with Gasteiger partial charge >= 0.3 is 5.97 Å². The van der Waals surface area contributed by atoms with E-state index in [0.717, 1.165) is 6.92 Å². The van der Waals surface area contributed by atoms with Crippen molar-refractivity contribution in [2.24, 2.45) is 23.1 Å². The minimum Gasteiger partial charge on any atom is -0.508 e. The Morgan fingerprint density at radius 3 is 1.43 bits per heavy atom. The predicted molar refractivity (Wildman–Crippen MR) is 244 cm³/mol. The van der Waals surface area contributed by atoms with Gasteiger partial charge in [0, 0.05) is 26.2 Å². The van der Waals surface area contributed by atoms with Crippen LogP contribution >= 0.6 is 0 Å². The third kappa shape index (κ3) is 21.6. The van der Waals surface area contributed by atoms with Crippen LogP contribution < -0.4 is 59.7 Å². The number of nitrogens with two attached hydrogens (primary N) is 3. The number of primary amides is 3. The molecule has 2 aromatic carbocycles. The Bertz CT molecular complexity index is 2210. The number of benzene rings is 2. The highest BCUT2D eigenvalue weighted by atomic mass is 16.4. The molecule has 0 heterocycles. The van der Waals surface area contributed by atoms with E-state index >= 15 is 0 Å². The minimum absolute atomic E-state index is 0.0663. The molecule has 0 radical (unpaired) electrons. The molecule has 0 fully saturated rings. The molecule has 0 aliphatic heterocycles. The Morgan fingerprint density at radius 1 is 0.514 bits per heavy atom. The van der Waals surface area contributed by atoms with Crippen molar-refractivity contribution in [3.05, 3.63) is 65.7 Å². The van der Waals surface area contributed by atoms with Gasteiger partial charge in [-0.15, -0.1) is 0 Å². The number of hydrogen-bond acceptors (Lipinski definition) is 14. The number of phenolic OH excluding ortho intramolecular Hbond substituents is 1. The summed E-state index contributed by atoms with van der Waals surface area (Å²) in [6.45, 7) is 2.90. The molecule has 0 aliphatic rings. The van der Waals surface area contributed by atoms with Gasteiger partial charge in [0.15, 0.2) is 0 Å². The van der Waals surface area contributed by atoms with Crippen molar-refractivity contribution in [3.8, 4) is 5.75 Å². The summed E-state index contributed by atoms with van der Waals surface area (Å²) in [6, 6.07) is 2.23. The van der Waals surface area contributed by atoms with E-state index in [-0.39, 0.29) is 30.9 Å². The molecule has 0 saturated heterocycles. The number of carboxylic acid groups (broad SMARTS) is 1. The van der Waals surface area contributed by atoms with Crippen LogP contribution in [0.1, 0.15) is 64.0 Å². The predicted octanol–water partition coefficient (Wildman–Crippen LogP) is -5.15. The van der Waals surface area contributed by atoms with Gasteiger partial charge in [0.1, 0.15) is 48.0 Å². The topological polar surface area (TPSA) is 440 Å². The second-order valence-corrected chi connectivity index (χ2v) is 16.4. The number of amides is 11. The number of hydrogen-bond donors (Lipinski definition) is 14. The van der Waals surface area contributed by atoms with E-state index in [9.17, 15) is 72.9 Å². The molecule has 17 N–H and O–H groups in total. The van der Waals surface area contributed by atoms with Crippen LogP contribution in [0.4, 0.5) is 0 Å². The Labute approximate surface area is 401 Å². The highest BCUT2D eigenvalue weighted by molar-refractivity contribution is 5.99. The highest BCUT2D eigenvalue weighted by Gasteiger charge is 2.35. The second-order valence-electron chi connectivity index (χ2n) is 16.4. The van der Waals surface area contributed by atoms with Gasteiger partial charge in [-0.3, -0.25) is 57.5 Å². The van der Waals surface area contributed by atoms with Gasteiger partial charge in [0.25, 0.3) is 0 Å². The Hall–Kier alpha value is -8.16. The summed E-state index contributed by atoms with van der Waals surface area (Å²) < 4.78 is 0.